The molecule has 1 aliphatic heterocycles. The topological polar surface area (TPSA) is 254 Å². The van der Waals surface area contributed by atoms with Gasteiger partial charge in [0.15, 0.2) is 0 Å². The van der Waals surface area contributed by atoms with Gasteiger partial charge in [0.25, 0.3) is 0 Å². The van der Waals surface area contributed by atoms with E-state index in [1.165, 1.54) is 42.7 Å². The number of methoxy groups -OCH3 is 6. The van der Waals surface area contributed by atoms with Gasteiger partial charge in [-0.2, -0.15) is 0 Å². The summed E-state index contributed by atoms with van der Waals surface area (Å²) in [5, 5.41) is -0.114. The fraction of sp³-hybridized carbons (Fsp3) is 0.392. The molecule has 5 rings (SSSR count). The summed E-state index contributed by atoms with van der Waals surface area (Å²) in [6.07, 6.45) is -2.90. The van der Waals surface area contributed by atoms with Crippen LogP contribution < -0.4 is 0 Å². The smallest absolute Gasteiger partial charge is 0.355 e. The van der Waals surface area contributed by atoms with Crippen molar-refractivity contribution in [2.75, 3.05) is 42.7 Å². The van der Waals surface area contributed by atoms with Crippen LogP contribution in [0.5, 0.6) is 0 Å². The third kappa shape index (κ3) is 14.3. The van der Waals surface area contributed by atoms with E-state index in [2.05, 4.69) is 9.97 Å². The van der Waals surface area contributed by atoms with Crippen LogP contribution in [0.4, 0.5) is 0 Å². The lowest BCUT2D eigenvalue weighted by molar-refractivity contribution is -0.141. The molecule has 0 atom stereocenters. The highest BCUT2D eigenvalue weighted by Gasteiger charge is 2.46. The molecule has 2 N–H and O–H groups in total. The zero-order valence-corrected chi connectivity index (χ0v) is 41.1. The van der Waals surface area contributed by atoms with E-state index in [0.717, 1.165) is 0 Å². The average Bonchev–Trinajstić information content (AvgIpc) is 3.98. The fourth-order valence-electron chi connectivity index (χ4n) is 8.32. The Morgan fingerprint density at radius 1 is 0.493 bits per heavy atom. The monoisotopic (exact) mass is 1000 g/mol. The number of nitrogens with zero attached hydrogens (tertiary/aromatic N) is 1. The van der Waals surface area contributed by atoms with Crippen molar-refractivity contribution in [2.24, 2.45) is 4.99 Å². The third-order valence-corrected chi connectivity index (χ3v) is 12.3. The summed E-state index contributed by atoms with van der Waals surface area (Å²) in [4.78, 5) is 118. The molecule has 1 aliphatic rings. The zero-order chi connectivity index (χ0) is 51.7. The van der Waals surface area contributed by atoms with Crippen LogP contribution >= 0.6 is 11.6 Å². The lowest BCUT2D eigenvalue weighted by Crippen LogP contribution is -2.36. The number of esters is 8. The van der Waals surface area contributed by atoms with Gasteiger partial charge in [-0.15, -0.1) is 0 Å². The van der Waals surface area contributed by atoms with E-state index >= 15 is 0 Å². The number of aromatic nitrogens is 2. The maximum absolute atomic E-state index is 14.2. The number of allylic oxidation sites excluding steroid dienone is 1. The van der Waals surface area contributed by atoms with Crippen LogP contribution in [0.25, 0.3) is 0 Å². The Morgan fingerprint density at radius 3 is 1.24 bits per heavy atom. The minimum absolute atomic E-state index is 0.0779. The standard InChI is InChI=1S/C51H56ClN3O16/c1-64-40(56)20-17-32-35(23-43(59)67-4)38(53-46(32)49(62)70-28-30-13-9-7-10-14-30)26-51(37(25-45(61)69-6)34(48(52)55-51)19-22-42(58)66-3)27-39-36(24-44(60)68-5)33(18-21-41(57)65-2)47(54-39)50(63)71-29-31-15-11-8-12-16-31/h7-16,53-54H,17-29H2,1-6H3. The predicted molar refractivity (Wildman–Crippen MR) is 253 cm³/mol. The van der Waals surface area contributed by atoms with E-state index in [9.17, 15) is 38.4 Å². The number of aromatic amines is 2. The Kier molecular flexibility index (Phi) is 19.8. The molecule has 0 bridgehead atoms. The molecule has 0 unspecified atom stereocenters. The molecule has 3 heterocycles. The number of carbonyl (C=O) groups is 8. The molecule has 378 valence electrons. The first kappa shape index (κ1) is 54.4. The van der Waals surface area contributed by atoms with Crippen molar-refractivity contribution in [3.05, 3.63) is 128 Å². The van der Waals surface area contributed by atoms with Crippen LogP contribution in [0, 0.1) is 0 Å². The summed E-state index contributed by atoms with van der Waals surface area (Å²) in [6, 6.07) is 17.7. The van der Waals surface area contributed by atoms with E-state index in [1.807, 2.05) is 0 Å². The second kappa shape index (κ2) is 25.9. The molecule has 2 aromatic carbocycles. The second-order valence-corrected chi connectivity index (χ2v) is 16.6. The summed E-state index contributed by atoms with van der Waals surface area (Å²) >= 11 is 7.08. The average molecular weight is 1000 g/mol. The van der Waals surface area contributed by atoms with Crippen molar-refractivity contribution >= 4 is 64.5 Å². The van der Waals surface area contributed by atoms with Crippen molar-refractivity contribution < 1.29 is 76.3 Å². The number of hydrogen-bond acceptors (Lipinski definition) is 17. The van der Waals surface area contributed by atoms with E-state index in [-0.39, 0.29) is 126 Å². The molecule has 20 heteroatoms. The van der Waals surface area contributed by atoms with Gasteiger partial charge in [0.05, 0.1) is 67.5 Å². The summed E-state index contributed by atoms with van der Waals surface area (Å²) in [6.45, 7) is -0.277. The molecule has 0 saturated carbocycles. The second-order valence-electron chi connectivity index (χ2n) is 16.2. The molecule has 0 aliphatic carbocycles. The number of benzene rings is 2. The number of halogens is 1. The summed E-state index contributed by atoms with van der Waals surface area (Å²) in [5.41, 5.74) is 1.20. The zero-order valence-electron chi connectivity index (χ0n) is 40.3. The largest absolute Gasteiger partial charge is 0.469 e. The van der Waals surface area contributed by atoms with Crippen molar-refractivity contribution in [2.45, 2.75) is 89.4 Å². The van der Waals surface area contributed by atoms with Gasteiger partial charge in [-0.05, 0) is 63.8 Å². The third-order valence-electron chi connectivity index (χ3n) is 11.9. The first-order valence-electron chi connectivity index (χ1n) is 22.4. The molecule has 2 aromatic heterocycles. The maximum Gasteiger partial charge on any atom is 0.355 e. The van der Waals surface area contributed by atoms with E-state index < -0.39 is 72.6 Å². The summed E-state index contributed by atoms with van der Waals surface area (Å²) in [5.74, 6) is -5.70. The number of nitrogens with one attached hydrogen (secondary N) is 2. The molecule has 0 amide bonds. The van der Waals surface area contributed by atoms with Crippen LogP contribution in [0.1, 0.15) is 97.8 Å². The van der Waals surface area contributed by atoms with E-state index in [4.69, 9.17) is 54.5 Å². The first-order valence-corrected chi connectivity index (χ1v) is 22.7. The van der Waals surface area contributed by atoms with Crippen LogP contribution in [0.3, 0.4) is 0 Å². The first-order chi connectivity index (χ1) is 34.1. The van der Waals surface area contributed by atoms with E-state index in [0.29, 0.717) is 11.1 Å². The number of H-pyrrole nitrogens is 2. The van der Waals surface area contributed by atoms with Gasteiger partial charge in [-0.25, -0.2) is 9.59 Å². The predicted octanol–water partition coefficient (Wildman–Crippen LogP) is 5.69. The van der Waals surface area contributed by atoms with Gasteiger partial charge in [-0.1, -0.05) is 72.3 Å². The van der Waals surface area contributed by atoms with Gasteiger partial charge in [-0.3, -0.25) is 33.8 Å². The summed E-state index contributed by atoms with van der Waals surface area (Å²) in [7, 11) is 7.16. The minimum Gasteiger partial charge on any atom is -0.469 e. The molecule has 0 radical (unpaired) electrons. The molecule has 0 fully saturated rings. The summed E-state index contributed by atoms with van der Waals surface area (Å²) < 4.78 is 41.7. The number of hydrogen-bond donors (Lipinski definition) is 2. The van der Waals surface area contributed by atoms with Crippen molar-refractivity contribution in [1.29, 1.82) is 0 Å². The van der Waals surface area contributed by atoms with Gasteiger partial charge in [0.2, 0.25) is 0 Å². The molecular weight excluding hydrogens is 946 g/mol. The molecule has 19 nitrogen and oxygen atoms in total. The van der Waals surface area contributed by atoms with Gasteiger partial charge in [0.1, 0.15) is 29.8 Å². The highest BCUT2D eigenvalue weighted by molar-refractivity contribution is 6.70. The number of ether oxygens (including phenoxy) is 8. The van der Waals surface area contributed by atoms with Crippen LogP contribution in [-0.2, 0) is 118 Å². The lowest BCUT2D eigenvalue weighted by atomic mass is 9.77. The van der Waals surface area contributed by atoms with Gasteiger partial charge < -0.3 is 47.9 Å². The number of carbonyl (C=O) groups excluding carboxylic acids is 8. The maximum atomic E-state index is 14.2. The Labute approximate surface area is 414 Å². The van der Waals surface area contributed by atoms with Crippen LogP contribution in [0.2, 0.25) is 0 Å². The van der Waals surface area contributed by atoms with Crippen LogP contribution in [-0.4, -0.2) is 111 Å². The van der Waals surface area contributed by atoms with Gasteiger partial charge >= 0.3 is 47.8 Å². The highest BCUT2D eigenvalue weighted by atomic mass is 35.5. The SMILES string of the molecule is COC(=O)CCC1=C(CC(=O)OC)C(Cc2[nH]c(C(=O)OCc3ccccc3)c(CCC(=O)OC)c2CC(=O)OC)(Cc2[nH]c(C(=O)OCc3ccccc3)c(CCC(=O)OC)c2CC(=O)OC)N=C1Cl. The minimum atomic E-state index is -1.74. The van der Waals surface area contributed by atoms with Crippen molar-refractivity contribution in [3.63, 3.8) is 0 Å². The van der Waals surface area contributed by atoms with Crippen LogP contribution in [0.15, 0.2) is 76.8 Å². The van der Waals surface area contributed by atoms with E-state index in [1.54, 1.807) is 60.7 Å². The molecule has 4 aromatic rings. The normalized spacial score (nSPS) is 12.6. The van der Waals surface area contributed by atoms with Crippen molar-refractivity contribution in [3.8, 4) is 0 Å². The Bertz CT molecular complexity index is 2520. The molecule has 71 heavy (non-hydrogen) atoms. The number of aliphatic imine (C=N–C) groups is 1. The molecule has 0 saturated heterocycles. The molecular formula is C51H56ClN3O16. The van der Waals surface area contributed by atoms with Gasteiger partial charge in [0, 0.05) is 43.5 Å². The fourth-order valence-corrected chi connectivity index (χ4v) is 8.69. The Hall–Kier alpha value is -7.54. The highest BCUT2D eigenvalue weighted by Crippen LogP contribution is 2.44. The number of rotatable bonds is 25. The Balaban J connectivity index is 1.81. The Morgan fingerprint density at radius 2 is 0.859 bits per heavy atom. The quantitative estimate of drug-likeness (QED) is 0.0598. The molecule has 0 spiro atoms. The lowest BCUT2D eigenvalue weighted by Gasteiger charge is -2.31. The van der Waals surface area contributed by atoms with Crippen molar-refractivity contribution in [1.82, 2.24) is 9.97 Å².